The lowest BCUT2D eigenvalue weighted by molar-refractivity contribution is -0.116. The zero-order valence-corrected chi connectivity index (χ0v) is 17.6. The Kier molecular flexibility index (Phi) is 6.17. The summed E-state index contributed by atoms with van der Waals surface area (Å²) in [6.07, 6.45) is 1.82. The molecule has 0 aliphatic carbocycles. The van der Waals surface area contributed by atoms with Gasteiger partial charge in [0.25, 0.3) is 5.56 Å². The van der Waals surface area contributed by atoms with Gasteiger partial charge in [-0.2, -0.15) is 4.98 Å². The Morgan fingerprint density at radius 2 is 1.97 bits per heavy atom. The van der Waals surface area contributed by atoms with E-state index in [0.717, 1.165) is 0 Å². The van der Waals surface area contributed by atoms with Gasteiger partial charge in [0.2, 0.25) is 11.7 Å². The van der Waals surface area contributed by atoms with Crippen LogP contribution in [0.15, 0.2) is 34.7 Å². The van der Waals surface area contributed by atoms with Crippen LogP contribution in [-0.4, -0.2) is 42.5 Å². The molecule has 1 N–H and O–H groups in total. The van der Waals surface area contributed by atoms with Crippen molar-refractivity contribution in [2.75, 3.05) is 32.4 Å². The Morgan fingerprint density at radius 3 is 2.59 bits per heavy atom. The van der Waals surface area contributed by atoms with Gasteiger partial charge < -0.3 is 24.1 Å². The third kappa shape index (κ3) is 3.69. The van der Waals surface area contributed by atoms with Crippen LogP contribution in [0.1, 0.15) is 23.5 Å². The summed E-state index contributed by atoms with van der Waals surface area (Å²) >= 11 is 1.37. The molecular weight excluding hydrogens is 394 g/mol. The van der Waals surface area contributed by atoms with Gasteiger partial charge in [0.15, 0.2) is 16.7 Å². The standard InChI is InChI=1S/C20H23N3O5S/c1-6-9-29-20-22-19(25)15-12(10-14(24)21-18(15)23(20)2)11-7-8-13(26-3)17(28-5)16(11)27-4/h6-8,12H,1,9-10H2,2-5H3,(H,21,24)/t12-/m0/s1. The number of nitrogens with zero attached hydrogens (tertiary/aromatic N) is 2. The third-order valence-corrected chi connectivity index (χ3v) is 5.77. The third-order valence-electron chi connectivity index (χ3n) is 4.74. The Balaban J connectivity index is 2.23. The van der Waals surface area contributed by atoms with Crippen LogP contribution >= 0.6 is 11.8 Å². The number of hydrogen-bond donors (Lipinski definition) is 1. The lowest BCUT2D eigenvalue weighted by Gasteiger charge is -2.29. The van der Waals surface area contributed by atoms with E-state index in [1.165, 1.54) is 33.1 Å². The number of thioether (sulfide) groups is 1. The maximum atomic E-state index is 13.0. The number of rotatable bonds is 7. The van der Waals surface area contributed by atoms with Crippen molar-refractivity contribution in [2.45, 2.75) is 17.5 Å². The fraction of sp³-hybridized carbons (Fsp3) is 0.350. The fourth-order valence-electron chi connectivity index (χ4n) is 3.46. The Bertz CT molecular complexity index is 1020. The molecule has 1 amide bonds. The molecule has 154 valence electrons. The summed E-state index contributed by atoms with van der Waals surface area (Å²) in [5, 5.41) is 3.33. The van der Waals surface area contributed by atoms with Crippen molar-refractivity contribution in [3.05, 3.63) is 46.3 Å². The van der Waals surface area contributed by atoms with Crippen LogP contribution in [0.5, 0.6) is 17.2 Å². The summed E-state index contributed by atoms with van der Waals surface area (Å²) in [7, 11) is 6.32. The molecule has 2 aromatic rings. The zero-order valence-electron chi connectivity index (χ0n) is 16.8. The van der Waals surface area contributed by atoms with E-state index < -0.39 is 5.92 Å². The Hall–Kier alpha value is -2.94. The summed E-state index contributed by atoms with van der Waals surface area (Å²) in [5.41, 5.74) is 0.693. The smallest absolute Gasteiger partial charge is 0.279 e. The van der Waals surface area contributed by atoms with Crippen molar-refractivity contribution in [2.24, 2.45) is 7.05 Å². The second-order valence-electron chi connectivity index (χ2n) is 6.35. The number of carbonyl (C=O) groups is 1. The largest absolute Gasteiger partial charge is 0.493 e. The first-order chi connectivity index (χ1) is 14.0. The van der Waals surface area contributed by atoms with Crippen molar-refractivity contribution < 1.29 is 19.0 Å². The number of benzene rings is 1. The number of anilines is 1. The Labute approximate surface area is 172 Å². The van der Waals surface area contributed by atoms with Crippen LogP contribution in [0.2, 0.25) is 0 Å². The molecule has 0 saturated heterocycles. The molecule has 29 heavy (non-hydrogen) atoms. The van der Waals surface area contributed by atoms with Crippen LogP contribution in [0.4, 0.5) is 5.82 Å². The second kappa shape index (κ2) is 8.60. The van der Waals surface area contributed by atoms with Gasteiger partial charge in [-0.1, -0.05) is 23.9 Å². The molecule has 1 aromatic heterocycles. The number of aromatic nitrogens is 2. The molecule has 0 saturated carbocycles. The molecule has 0 radical (unpaired) electrons. The summed E-state index contributed by atoms with van der Waals surface area (Å²) in [6.45, 7) is 3.69. The van der Waals surface area contributed by atoms with Gasteiger partial charge in [-0.15, -0.1) is 6.58 Å². The van der Waals surface area contributed by atoms with Crippen molar-refractivity contribution in [1.29, 1.82) is 0 Å². The molecule has 1 aromatic carbocycles. The molecule has 0 bridgehead atoms. The monoisotopic (exact) mass is 417 g/mol. The van der Waals surface area contributed by atoms with E-state index in [1.54, 1.807) is 29.8 Å². The predicted octanol–water partition coefficient (Wildman–Crippen LogP) is 2.56. The molecular formula is C20H23N3O5S. The molecule has 0 fully saturated rings. The summed E-state index contributed by atoms with van der Waals surface area (Å²) in [6, 6.07) is 3.52. The van der Waals surface area contributed by atoms with E-state index in [9.17, 15) is 9.59 Å². The van der Waals surface area contributed by atoms with Gasteiger partial charge in [0.1, 0.15) is 5.82 Å². The first-order valence-electron chi connectivity index (χ1n) is 8.90. The lowest BCUT2D eigenvalue weighted by Crippen LogP contribution is -2.33. The molecule has 0 spiro atoms. The molecule has 8 nitrogen and oxygen atoms in total. The molecule has 1 atom stereocenters. The van der Waals surface area contributed by atoms with Gasteiger partial charge in [-0.05, 0) is 6.07 Å². The van der Waals surface area contributed by atoms with Gasteiger partial charge >= 0.3 is 0 Å². The quantitative estimate of drug-likeness (QED) is 0.420. The number of ether oxygens (including phenoxy) is 3. The SMILES string of the molecule is C=CCSc1nc(=O)c2c(n1C)NC(=O)C[C@H]2c1ccc(OC)c(OC)c1OC. The van der Waals surface area contributed by atoms with E-state index in [-0.39, 0.29) is 17.9 Å². The number of methoxy groups -OCH3 is 3. The van der Waals surface area contributed by atoms with E-state index >= 15 is 0 Å². The summed E-state index contributed by atoms with van der Waals surface area (Å²) in [4.78, 5) is 29.7. The number of carbonyl (C=O) groups excluding carboxylic acids is 1. The zero-order chi connectivity index (χ0) is 21.1. The first-order valence-corrected chi connectivity index (χ1v) is 9.88. The van der Waals surface area contributed by atoms with Crippen LogP contribution in [0.3, 0.4) is 0 Å². The second-order valence-corrected chi connectivity index (χ2v) is 7.34. The van der Waals surface area contributed by atoms with Crippen LogP contribution in [-0.2, 0) is 11.8 Å². The average Bonchev–Trinajstić information content (AvgIpc) is 2.73. The summed E-state index contributed by atoms with van der Waals surface area (Å²) < 4.78 is 18.1. The van der Waals surface area contributed by atoms with Crippen LogP contribution in [0.25, 0.3) is 0 Å². The van der Waals surface area contributed by atoms with Crippen molar-refractivity contribution in [1.82, 2.24) is 9.55 Å². The maximum absolute atomic E-state index is 13.0. The topological polar surface area (TPSA) is 91.7 Å². The molecule has 1 aliphatic heterocycles. The van der Waals surface area contributed by atoms with Crippen LogP contribution in [0, 0.1) is 0 Å². The number of hydrogen-bond acceptors (Lipinski definition) is 7. The van der Waals surface area contributed by atoms with E-state index in [0.29, 0.717) is 45.1 Å². The first kappa shape index (κ1) is 20.8. The molecule has 0 unspecified atom stereocenters. The molecule has 9 heteroatoms. The molecule has 1 aliphatic rings. The van der Waals surface area contributed by atoms with Crippen molar-refractivity contribution >= 4 is 23.5 Å². The predicted molar refractivity (Wildman–Crippen MR) is 112 cm³/mol. The van der Waals surface area contributed by atoms with Gasteiger partial charge in [-0.25, -0.2) is 0 Å². The number of amides is 1. The maximum Gasteiger partial charge on any atom is 0.279 e. The molecule has 2 heterocycles. The van der Waals surface area contributed by atoms with Crippen LogP contribution < -0.4 is 25.1 Å². The van der Waals surface area contributed by atoms with Crippen molar-refractivity contribution in [3.63, 3.8) is 0 Å². The van der Waals surface area contributed by atoms with Gasteiger partial charge in [0, 0.05) is 30.7 Å². The van der Waals surface area contributed by atoms with Crippen molar-refractivity contribution in [3.8, 4) is 17.2 Å². The normalized spacial score (nSPS) is 15.3. The van der Waals surface area contributed by atoms with E-state index in [2.05, 4.69) is 16.9 Å². The van der Waals surface area contributed by atoms with E-state index in [4.69, 9.17) is 14.2 Å². The minimum Gasteiger partial charge on any atom is -0.493 e. The van der Waals surface area contributed by atoms with Gasteiger partial charge in [0.05, 0.1) is 26.9 Å². The average molecular weight is 417 g/mol. The highest BCUT2D eigenvalue weighted by Crippen LogP contribution is 2.46. The Morgan fingerprint density at radius 1 is 1.24 bits per heavy atom. The minimum absolute atomic E-state index is 0.0922. The number of nitrogens with one attached hydrogen (secondary N) is 1. The highest BCUT2D eigenvalue weighted by molar-refractivity contribution is 7.99. The minimum atomic E-state index is -0.529. The highest BCUT2D eigenvalue weighted by atomic mass is 32.2. The van der Waals surface area contributed by atoms with E-state index in [1.807, 2.05) is 0 Å². The fourth-order valence-corrected chi connectivity index (χ4v) is 4.16. The highest BCUT2D eigenvalue weighted by Gasteiger charge is 2.35. The lowest BCUT2D eigenvalue weighted by atomic mass is 9.86. The number of fused-ring (bicyclic) bond motifs is 1. The van der Waals surface area contributed by atoms with Gasteiger partial charge in [-0.3, -0.25) is 9.59 Å². The molecule has 3 rings (SSSR count). The summed E-state index contributed by atoms with van der Waals surface area (Å²) in [5.74, 6) is 1.64.